The summed E-state index contributed by atoms with van der Waals surface area (Å²) in [6.45, 7) is -0.244. The van der Waals surface area contributed by atoms with Crippen molar-refractivity contribution >= 4 is 41.2 Å². The number of hydrogen-bond acceptors (Lipinski definition) is 8. The SMILES string of the molecule is O=C(COc1ccc(Cl)cc1)NN=Cc1ccc(Sc2ncccn2)c([N+](=O)[O-])c1. The van der Waals surface area contributed by atoms with Crippen LogP contribution in [-0.4, -0.2) is 33.6 Å². The normalized spacial score (nSPS) is 10.7. The number of nitrogens with one attached hydrogen (secondary N) is 1. The first kappa shape index (κ1) is 21.2. The minimum Gasteiger partial charge on any atom is -0.484 e. The van der Waals surface area contributed by atoms with E-state index >= 15 is 0 Å². The standard InChI is InChI=1S/C19H14ClN5O4S/c20-14-3-5-15(6-4-14)29-12-18(26)24-23-11-13-2-7-17(16(10-13)25(27)28)30-19-21-8-1-9-22-19/h1-11H,12H2,(H,24,26). The Labute approximate surface area is 180 Å². The maximum Gasteiger partial charge on any atom is 0.283 e. The van der Waals surface area contributed by atoms with Crippen molar-refractivity contribution in [3.8, 4) is 5.75 Å². The van der Waals surface area contributed by atoms with Crippen molar-refractivity contribution in [1.82, 2.24) is 15.4 Å². The van der Waals surface area contributed by atoms with Gasteiger partial charge in [0.15, 0.2) is 11.8 Å². The Morgan fingerprint density at radius 3 is 2.67 bits per heavy atom. The Morgan fingerprint density at radius 2 is 1.97 bits per heavy atom. The Hall–Kier alpha value is -3.50. The highest BCUT2D eigenvalue weighted by Gasteiger charge is 2.16. The molecule has 0 atom stereocenters. The number of ether oxygens (including phenoxy) is 1. The molecule has 0 radical (unpaired) electrons. The molecule has 0 aliphatic carbocycles. The molecule has 152 valence electrons. The Kier molecular flexibility index (Phi) is 7.30. The van der Waals surface area contributed by atoms with E-state index in [9.17, 15) is 14.9 Å². The molecule has 0 aliphatic heterocycles. The third-order valence-electron chi connectivity index (χ3n) is 3.51. The summed E-state index contributed by atoms with van der Waals surface area (Å²) in [5.41, 5.74) is 2.63. The largest absolute Gasteiger partial charge is 0.484 e. The maximum atomic E-state index is 11.8. The molecule has 30 heavy (non-hydrogen) atoms. The van der Waals surface area contributed by atoms with Gasteiger partial charge in [-0.3, -0.25) is 14.9 Å². The number of carbonyl (C=O) groups is 1. The molecule has 0 saturated carbocycles. The number of carbonyl (C=O) groups excluding carboxylic acids is 1. The molecule has 1 N–H and O–H groups in total. The Bertz CT molecular complexity index is 1060. The zero-order chi connectivity index (χ0) is 21.3. The van der Waals surface area contributed by atoms with Crippen LogP contribution in [0.25, 0.3) is 0 Å². The van der Waals surface area contributed by atoms with Crippen molar-refractivity contribution in [2.45, 2.75) is 10.1 Å². The minimum absolute atomic E-state index is 0.117. The van der Waals surface area contributed by atoms with Gasteiger partial charge in [-0.2, -0.15) is 5.10 Å². The molecular formula is C19H14ClN5O4S. The molecule has 3 rings (SSSR count). The first-order valence-electron chi connectivity index (χ1n) is 8.45. The van der Waals surface area contributed by atoms with E-state index in [-0.39, 0.29) is 12.3 Å². The number of hydrogen-bond donors (Lipinski definition) is 1. The first-order valence-corrected chi connectivity index (χ1v) is 9.64. The third-order valence-corrected chi connectivity index (χ3v) is 4.72. The van der Waals surface area contributed by atoms with Crippen molar-refractivity contribution in [3.63, 3.8) is 0 Å². The highest BCUT2D eigenvalue weighted by atomic mass is 35.5. The van der Waals surface area contributed by atoms with E-state index in [2.05, 4.69) is 20.5 Å². The Morgan fingerprint density at radius 1 is 1.23 bits per heavy atom. The van der Waals surface area contributed by atoms with Gasteiger partial charge in [0.2, 0.25) is 0 Å². The molecular weight excluding hydrogens is 430 g/mol. The summed E-state index contributed by atoms with van der Waals surface area (Å²) >= 11 is 6.86. The van der Waals surface area contributed by atoms with Crippen LogP contribution in [0, 0.1) is 10.1 Å². The van der Waals surface area contributed by atoms with Crippen LogP contribution in [0.5, 0.6) is 5.75 Å². The summed E-state index contributed by atoms with van der Waals surface area (Å²) in [6, 6.07) is 12.8. The number of halogens is 1. The van der Waals surface area contributed by atoms with Gasteiger partial charge in [0.25, 0.3) is 11.6 Å². The zero-order valence-corrected chi connectivity index (χ0v) is 16.8. The second-order valence-electron chi connectivity index (χ2n) is 5.65. The molecule has 0 fully saturated rings. The highest BCUT2D eigenvalue weighted by molar-refractivity contribution is 7.99. The van der Waals surface area contributed by atoms with E-state index < -0.39 is 10.8 Å². The molecule has 1 amide bonds. The van der Waals surface area contributed by atoms with Gasteiger partial charge in [0.1, 0.15) is 5.75 Å². The van der Waals surface area contributed by atoms with Gasteiger partial charge in [-0.05, 0) is 48.2 Å². The fourth-order valence-corrected chi connectivity index (χ4v) is 3.09. The molecule has 2 aromatic carbocycles. The monoisotopic (exact) mass is 443 g/mol. The van der Waals surface area contributed by atoms with Gasteiger partial charge >= 0.3 is 0 Å². The van der Waals surface area contributed by atoms with Crippen LogP contribution in [0.1, 0.15) is 5.56 Å². The van der Waals surface area contributed by atoms with Gasteiger partial charge < -0.3 is 4.74 Å². The fourth-order valence-electron chi connectivity index (χ4n) is 2.17. The summed E-state index contributed by atoms with van der Waals surface area (Å²) in [4.78, 5) is 31.2. The summed E-state index contributed by atoms with van der Waals surface area (Å²) in [5, 5.41) is 16.2. The van der Waals surface area contributed by atoms with Crippen LogP contribution in [-0.2, 0) is 4.79 Å². The second kappa shape index (κ2) is 10.3. The smallest absolute Gasteiger partial charge is 0.283 e. The predicted molar refractivity (Wildman–Crippen MR) is 112 cm³/mol. The molecule has 0 bridgehead atoms. The van der Waals surface area contributed by atoms with Gasteiger partial charge in [-0.25, -0.2) is 15.4 Å². The Balaban J connectivity index is 1.59. The predicted octanol–water partition coefficient (Wildman–Crippen LogP) is 3.72. The quantitative estimate of drug-likeness (QED) is 0.244. The molecule has 11 heteroatoms. The molecule has 0 aliphatic rings. The van der Waals surface area contributed by atoms with Gasteiger partial charge in [0.05, 0.1) is 16.0 Å². The number of benzene rings is 2. The molecule has 1 heterocycles. The first-order chi connectivity index (χ1) is 14.5. The van der Waals surface area contributed by atoms with Crippen LogP contribution < -0.4 is 10.2 Å². The summed E-state index contributed by atoms with van der Waals surface area (Å²) in [7, 11) is 0. The molecule has 0 saturated heterocycles. The van der Waals surface area contributed by atoms with Crippen LogP contribution in [0.3, 0.4) is 0 Å². The topological polar surface area (TPSA) is 120 Å². The number of nitrogens with zero attached hydrogens (tertiary/aromatic N) is 4. The highest BCUT2D eigenvalue weighted by Crippen LogP contribution is 2.33. The number of nitro groups is 1. The van der Waals surface area contributed by atoms with Crippen LogP contribution in [0.2, 0.25) is 5.02 Å². The van der Waals surface area contributed by atoms with Crippen LogP contribution in [0.4, 0.5) is 5.69 Å². The fraction of sp³-hybridized carbons (Fsp3) is 0.0526. The molecule has 3 aromatic rings. The molecule has 0 spiro atoms. The summed E-state index contributed by atoms with van der Waals surface area (Å²) in [6.07, 6.45) is 4.42. The second-order valence-corrected chi connectivity index (χ2v) is 7.10. The number of hydrazone groups is 1. The van der Waals surface area contributed by atoms with Gasteiger partial charge in [0, 0.05) is 29.0 Å². The van der Waals surface area contributed by atoms with E-state index in [0.29, 0.717) is 26.4 Å². The maximum absolute atomic E-state index is 11.8. The van der Waals surface area contributed by atoms with E-state index in [1.54, 1.807) is 54.9 Å². The van der Waals surface area contributed by atoms with Crippen molar-refractivity contribution in [1.29, 1.82) is 0 Å². The van der Waals surface area contributed by atoms with Gasteiger partial charge in [-0.1, -0.05) is 17.7 Å². The lowest BCUT2D eigenvalue weighted by Crippen LogP contribution is -2.24. The van der Waals surface area contributed by atoms with E-state index in [0.717, 1.165) is 11.8 Å². The third kappa shape index (κ3) is 6.26. The van der Waals surface area contributed by atoms with Crippen LogP contribution in [0.15, 0.2) is 76.1 Å². The number of nitro benzene ring substituents is 1. The molecule has 9 nitrogen and oxygen atoms in total. The number of rotatable bonds is 8. The van der Waals surface area contributed by atoms with Crippen molar-refractivity contribution in [2.24, 2.45) is 5.10 Å². The number of amides is 1. The minimum atomic E-state index is -0.499. The number of aromatic nitrogens is 2. The molecule has 0 unspecified atom stereocenters. The average molecular weight is 444 g/mol. The molecule has 1 aromatic heterocycles. The summed E-state index contributed by atoms with van der Waals surface area (Å²) < 4.78 is 5.30. The van der Waals surface area contributed by atoms with E-state index in [4.69, 9.17) is 16.3 Å². The average Bonchev–Trinajstić information content (AvgIpc) is 2.75. The summed E-state index contributed by atoms with van der Waals surface area (Å²) in [5.74, 6) is 0.00809. The van der Waals surface area contributed by atoms with Crippen molar-refractivity contribution < 1.29 is 14.5 Å². The lowest BCUT2D eigenvalue weighted by molar-refractivity contribution is -0.387. The van der Waals surface area contributed by atoms with Gasteiger partial charge in [-0.15, -0.1) is 0 Å². The lowest BCUT2D eigenvalue weighted by atomic mass is 10.2. The van der Waals surface area contributed by atoms with E-state index in [1.165, 1.54) is 12.3 Å². The zero-order valence-electron chi connectivity index (χ0n) is 15.3. The lowest BCUT2D eigenvalue weighted by Gasteiger charge is -2.05. The van der Waals surface area contributed by atoms with Crippen LogP contribution >= 0.6 is 23.4 Å². The van der Waals surface area contributed by atoms with E-state index in [1.807, 2.05) is 0 Å². The van der Waals surface area contributed by atoms with Crippen molar-refractivity contribution in [2.75, 3.05) is 6.61 Å². The van der Waals surface area contributed by atoms with Crippen molar-refractivity contribution in [3.05, 3.63) is 81.6 Å².